The maximum absolute atomic E-state index is 12.0. The highest BCUT2D eigenvalue weighted by Gasteiger charge is 2.29. The fraction of sp³-hybridized carbons (Fsp3) is 0.533. The van der Waals surface area contributed by atoms with Gasteiger partial charge >= 0.3 is 0 Å². The summed E-state index contributed by atoms with van der Waals surface area (Å²) in [6.07, 6.45) is 2.50. The van der Waals surface area contributed by atoms with Crippen LogP contribution < -0.4 is 10.2 Å². The molecule has 1 unspecified atom stereocenters. The molecule has 1 aliphatic heterocycles. The van der Waals surface area contributed by atoms with E-state index in [-0.39, 0.29) is 11.9 Å². The maximum Gasteiger partial charge on any atom is 0.242 e. The van der Waals surface area contributed by atoms with Gasteiger partial charge in [-0.1, -0.05) is 18.2 Å². The van der Waals surface area contributed by atoms with Gasteiger partial charge < -0.3 is 15.3 Å². The molecule has 0 spiro atoms. The number of para-hydroxylation sites is 1. The summed E-state index contributed by atoms with van der Waals surface area (Å²) in [5, 5.41) is 12.6. The minimum absolute atomic E-state index is 0.0556. The number of aliphatic hydroxyl groups is 1. The molecule has 0 bridgehead atoms. The van der Waals surface area contributed by atoms with Crippen molar-refractivity contribution in [1.82, 2.24) is 5.32 Å². The van der Waals surface area contributed by atoms with Crippen molar-refractivity contribution in [3.63, 3.8) is 0 Å². The van der Waals surface area contributed by atoms with Gasteiger partial charge in [0.1, 0.15) is 6.04 Å². The number of rotatable bonds is 3. The van der Waals surface area contributed by atoms with Crippen molar-refractivity contribution >= 4 is 11.6 Å². The van der Waals surface area contributed by atoms with Gasteiger partial charge in [-0.05, 0) is 32.3 Å². The Kier molecular flexibility index (Phi) is 4.43. The van der Waals surface area contributed by atoms with Crippen LogP contribution in [0.3, 0.4) is 0 Å². The fourth-order valence-electron chi connectivity index (χ4n) is 2.76. The molecule has 1 aliphatic rings. The zero-order valence-corrected chi connectivity index (χ0v) is 11.6. The molecule has 1 saturated heterocycles. The number of likely N-dealkylation sites (N-methyl/N-ethyl adjacent to an activating group) is 1. The molecular formula is C15H22N2O2. The lowest BCUT2D eigenvalue weighted by atomic mass is 9.98. The molecular weight excluding hydrogens is 240 g/mol. The summed E-state index contributed by atoms with van der Waals surface area (Å²) < 4.78 is 0. The highest BCUT2D eigenvalue weighted by Crippen LogP contribution is 2.31. The Balaban J connectivity index is 2.35. The molecule has 0 aromatic heterocycles. The van der Waals surface area contributed by atoms with E-state index >= 15 is 0 Å². The van der Waals surface area contributed by atoms with Crippen LogP contribution in [0.1, 0.15) is 37.9 Å². The first kappa shape index (κ1) is 13.9. The van der Waals surface area contributed by atoms with Gasteiger partial charge in [-0.15, -0.1) is 0 Å². The third-order valence-electron chi connectivity index (χ3n) is 3.75. The van der Waals surface area contributed by atoms with Gasteiger partial charge in [0.05, 0.1) is 6.10 Å². The van der Waals surface area contributed by atoms with Crippen molar-refractivity contribution in [1.29, 1.82) is 0 Å². The molecule has 4 heteroatoms. The average Bonchev–Trinajstić information content (AvgIpc) is 2.46. The summed E-state index contributed by atoms with van der Waals surface area (Å²) in [7, 11) is 1.68. The Morgan fingerprint density at radius 1 is 1.42 bits per heavy atom. The van der Waals surface area contributed by atoms with E-state index in [0.29, 0.717) is 0 Å². The molecule has 1 aromatic rings. The van der Waals surface area contributed by atoms with Gasteiger partial charge in [-0.25, -0.2) is 0 Å². The minimum Gasteiger partial charge on any atom is -0.389 e. The lowest BCUT2D eigenvalue weighted by molar-refractivity contribution is -0.122. The van der Waals surface area contributed by atoms with Crippen molar-refractivity contribution in [2.45, 2.75) is 38.3 Å². The number of aliphatic hydroxyl groups excluding tert-OH is 1. The van der Waals surface area contributed by atoms with Crippen molar-refractivity contribution in [3.8, 4) is 0 Å². The first-order valence-corrected chi connectivity index (χ1v) is 6.90. The van der Waals surface area contributed by atoms with Crippen LogP contribution in [0.4, 0.5) is 5.69 Å². The van der Waals surface area contributed by atoms with Crippen molar-refractivity contribution < 1.29 is 9.90 Å². The van der Waals surface area contributed by atoms with Crippen LogP contribution in [0, 0.1) is 0 Å². The van der Waals surface area contributed by atoms with E-state index in [4.69, 9.17) is 0 Å². The highest BCUT2D eigenvalue weighted by atomic mass is 16.3. The normalized spacial score (nSPS) is 21.0. The third-order valence-corrected chi connectivity index (χ3v) is 3.75. The number of carbonyl (C=O) groups excluding carboxylic acids is 1. The molecule has 2 atom stereocenters. The summed E-state index contributed by atoms with van der Waals surface area (Å²) in [6, 6.07) is 7.67. The van der Waals surface area contributed by atoms with Gasteiger partial charge in [0.15, 0.2) is 0 Å². The molecule has 2 N–H and O–H groups in total. The quantitative estimate of drug-likeness (QED) is 0.874. The Bertz CT molecular complexity index is 446. The van der Waals surface area contributed by atoms with Crippen LogP contribution in [0.2, 0.25) is 0 Å². The van der Waals surface area contributed by atoms with Crippen molar-refractivity contribution in [2.24, 2.45) is 0 Å². The monoisotopic (exact) mass is 262 g/mol. The fourth-order valence-corrected chi connectivity index (χ4v) is 2.76. The van der Waals surface area contributed by atoms with Crippen LogP contribution in [-0.4, -0.2) is 30.6 Å². The first-order chi connectivity index (χ1) is 9.15. The lowest BCUT2D eigenvalue weighted by Gasteiger charge is -2.37. The number of amides is 1. The van der Waals surface area contributed by atoms with Crippen molar-refractivity contribution in [3.05, 3.63) is 29.8 Å². The lowest BCUT2D eigenvalue weighted by Crippen LogP contribution is -2.49. The van der Waals surface area contributed by atoms with Crippen LogP contribution in [-0.2, 0) is 4.79 Å². The number of piperidine rings is 1. The standard InChI is InChI=1S/C15H22N2O2/c1-11(18)12-7-3-4-8-13(12)17-10-6-5-9-14(17)15(19)16-2/h3-4,7-8,11,14,18H,5-6,9-10H2,1-2H3,(H,16,19)/t11-,14?/m1/s1. The molecule has 4 nitrogen and oxygen atoms in total. The smallest absolute Gasteiger partial charge is 0.242 e. The number of nitrogens with one attached hydrogen (secondary N) is 1. The second kappa shape index (κ2) is 6.06. The maximum atomic E-state index is 12.0. The number of hydrogen-bond donors (Lipinski definition) is 2. The van der Waals surface area contributed by atoms with E-state index in [1.165, 1.54) is 0 Å². The summed E-state index contributed by atoms with van der Waals surface area (Å²) >= 11 is 0. The average molecular weight is 262 g/mol. The van der Waals surface area contributed by atoms with E-state index in [2.05, 4.69) is 10.2 Å². The molecule has 0 aliphatic carbocycles. The summed E-state index contributed by atoms with van der Waals surface area (Å²) in [5.74, 6) is 0.0556. The largest absolute Gasteiger partial charge is 0.389 e. The molecule has 104 valence electrons. The summed E-state index contributed by atoms with van der Waals surface area (Å²) in [6.45, 7) is 2.62. The molecule has 1 heterocycles. The topological polar surface area (TPSA) is 52.6 Å². The summed E-state index contributed by atoms with van der Waals surface area (Å²) in [4.78, 5) is 14.1. The number of anilines is 1. The van der Waals surface area contributed by atoms with E-state index < -0.39 is 6.10 Å². The van der Waals surface area contributed by atoms with Crippen LogP contribution in [0.15, 0.2) is 24.3 Å². The van der Waals surface area contributed by atoms with Gasteiger partial charge in [0.2, 0.25) is 5.91 Å². The second-order valence-corrected chi connectivity index (χ2v) is 5.05. The Morgan fingerprint density at radius 2 is 2.16 bits per heavy atom. The van der Waals surface area contributed by atoms with E-state index in [0.717, 1.165) is 37.1 Å². The highest BCUT2D eigenvalue weighted by molar-refractivity contribution is 5.85. The van der Waals surface area contributed by atoms with Gasteiger partial charge in [0.25, 0.3) is 0 Å². The molecule has 0 saturated carbocycles. The number of hydrogen-bond acceptors (Lipinski definition) is 3. The van der Waals surface area contributed by atoms with Gasteiger partial charge in [-0.2, -0.15) is 0 Å². The van der Waals surface area contributed by atoms with Gasteiger partial charge in [-0.3, -0.25) is 4.79 Å². The molecule has 2 rings (SSSR count). The van der Waals surface area contributed by atoms with E-state index in [1.54, 1.807) is 14.0 Å². The Labute approximate surface area is 114 Å². The second-order valence-electron chi connectivity index (χ2n) is 5.05. The molecule has 1 amide bonds. The number of carbonyl (C=O) groups is 1. The first-order valence-electron chi connectivity index (χ1n) is 6.90. The SMILES string of the molecule is CNC(=O)C1CCCCN1c1ccccc1[C@@H](C)O. The van der Waals surface area contributed by atoms with Crippen LogP contribution >= 0.6 is 0 Å². The number of nitrogens with zero attached hydrogens (tertiary/aromatic N) is 1. The zero-order chi connectivity index (χ0) is 13.8. The van der Waals surface area contributed by atoms with Gasteiger partial charge in [0, 0.05) is 24.8 Å². The minimum atomic E-state index is -0.525. The molecule has 19 heavy (non-hydrogen) atoms. The number of benzene rings is 1. The molecule has 0 radical (unpaired) electrons. The molecule has 1 aromatic carbocycles. The Hall–Kier alpha value is -1.55. The van der Waals surface area contributed by atoms with Crippen LogP contribution in [0.5, 0.6) is 0 Å². The van der Waals surface area contributed by atoms with Crippen molar-refractivity contribution in [2.75, 3.05) is 18.5 Å². The predicted molar refractivity (Wildman–Crippen MR) is 76.1 cm³/mol. The zero-order valence-electron chi connectivity index (χ0n) is 11.6. The third kappa shape index (κ3) is 2.89. The molecule has 1 fully saturated rings. The van der Waals surface area contributed by atoms with E-state index in [9.17, 15) is 9.90 Å². The van der Waals surface area contributed by atoms with E-state index in [1.807, 2.05) is 24.3 Å². The predicted octanol–water partition coefficient (Wildman–Crippen LogP) is 1.84. The van der Waals surface area contributed by atoms with Crippen LogP contribution in [0.25, 0.3) is 0 Å². The Morgan fingerprint density at radius 3 is 2.84 bits per heavy atom. The summed E-state index contributed by atoms with van der Waals surface area (Å²) in [5.41, 5.74) is 1.86.